The van der Waals surface area contributed by atoms with Gasteiger partial charge in [-0.3, -0.25) is 9.69 Å². The van der Waals surface area contributed by atoms with E-state index in [9.17, 15) is 4.79 Å². The average molecular weight is 370 g/mol. The van der Waals surface area contributed by atoms with Crippen LogP contribution in [-0.4, -0.2) is 54.7 Å². The number of nitrogens with zero attached hydrogens (tertiary/aromatic N) is 2. The standard InChI is InChI=1S/C22H30N2O3/c1-2-23-12-6-9-19(23)15-24(14-17-7-4-3-5-8-17)22(25)18-10-11-20-21(13-18)27-16-26-20/h3-4,10-11,13,17,19H,2,5-9,12,14-16H2,1H3/t17-,19-/m0/s1. The quantitative estimate of drug-likeness (QED) is 0.716. The Morgan fingerprint density at radius 3 is 2.89 bits per heavy atom. The molecule has 1 aromatic rings. The van der Waals surface area contributed by atoms with E-state index in [1.54, 1.807) is 0 Å². The van der Waals surface area contributed by atoms with Crippen LogP contribution in [0.15, 0.2) is 30.4 Å². The molecule has 0 spiro atoms. The first-order valence-electron chi connectivity index (χ1n) is 10.3. The molecule has 0 unspecified atom stereocenters. The van der Waals surface area contributed by atoms with Crippen LogP contribution < -0.4 is 9.47 Å². The zero-order valence-corrected chi connectivity index (χ0v) is 16.2. The van der Waals surface area contributed by atoms with Gasteiger partial charge in [0, 0.05) is 24.7 Å². The summed E-state index contributed by atoms with van der Waals surface area (Å²) >= 11 is 0. The van der Waals surface area contributed by atoms with Crippen molar-refractivity contribution in [1.29, 1.82) is 0 Å². The Bertz CT molecular complexity index is 703. The number of likely N-dealkylation sites (tertiary alicyclic amines) is 1. The van der Waals surface area contributed by atoms with Crippen LogP contribution in [0.4, 0.5) is 0 Å². The summed E-state index contributed by atoms with van der Waals surface area (Å²) in [4.78, 5) is 18.0. The molecule has 1 fully saturated rings. The maximum absolute atomic E-state index is 13.4. The van der Waals surface area contributed by atoms with Crippen molar-refractivity contribution in [2.75, 3.05) is 33.0 Å². The number of carbonyl (C=O) groups is 1. The van der Waals surface area contributed by atoms with Crippen LogP contribution in [0.3, 0.4) is 0 Å². The lowest BCUT2D eigenvalue weighted by Crippen LogP contribution is -2.45. The third-order valence-electron chi connectivity index (χ3n) is 6.10. The zero-order valence-electron chi connectivity index (χ0n) is 16.2. The monoisotopic (exact) mass is 370 g/mol. The highest BCUT2D eigenvalue weighted by Gasteiger charge is 2.29. The van der Waals surface area contributed by atoms with Gasteiger partial charge in [-0.1, -0.05) is 19.1 Å². The summed E-state index contributed by atoms with van der Waals surface area (Å²) in [6, 6.07) is 6.04. The van der Waals surface area contributed by atoms with Gasteiger partial charge in [-0.05, 0) is 69.3 Å². The van der Waals surface area contributed by atoms with Crippen molar-refractivity contribution in [3.63, 3.8) is 0 Å². The van der Waals surface area contributed by atoms with Gasteiger partial charge in [0.25, 0.3) is 5.91 Å². The third kappa shape index (κ3) is 4.13. The van der Waals surface area contributed by atoms with Crippen LogP contribution in [-0.2, 0) is 0 Å². The molecular formula is C22H30N2O3. The number of likely N-dealkylation sites (N-methyl/N-ethyl adjacent to an activating group) is 1. The van der Waals surface area contributed by atoms with Crippen LogP contribution in [0.2, 0.25) is 0 Å². The molecule has 4 rings (SSSR count). The van der Waals surface area contributed by atoms with Crippen molar-refractivity contribution >= 4 is 5.91 Å². The summed E-state index contributed by atoms with van der Waals surface area (Å²) < 4.78 is 10.9. The molecule has 2 aliphatic heterocycles. The number of hydrogen-bond acceptors (Lipinski definition) is 4. The van der Waals surface area contributed by atoms with Gasteiger partial charge in [0.05, 0.1) is 0 Å². The molecule has 5 heteroatoms. The fraction of sp³-hybridized carbons (Fsp3) is 0.591. The van der Waals surface area contributed by atoms with Gasteiger partial charge in [-0.25, -0.2) is 0 Å². The number of rotatable bonds is 6. The molecule has 5 nitrogen and oxygen atoms in total. The topological polar surface area (TPSA) is 42.0 Å². The van der Waals surface area contributed by atoms with Crippen LogP contribution >= 0.6 is 0 Å². The first-order valence-corrected chi connectivity index (χ1v) is 10.3. The van der Waals surface area contributed by atoms with E-state index >= 15 is 0 Å². The lowest BCUT2D eigenvalue weighted by molar-refractivity contribution is 0.0670. The Labute approximate surface area is 161 Å². The number of hydrogen-bond donors (Lipinski definition) is 0. The van der Waals surface area contributed by atoms with Crippen molar-refractivity contribution in [3.8, 4) is 11.5 Å². The van der Waals surface area contributed by atoms with Crippen LogP contribution in [0, 0.1) is 5.92 Å². The smallest absolute Gasteiger partial charge is 0.254 e. The Kier molecular flexibility index (Phi) is 5.67. The SMILES string of the molecule is CCN1CCC[C@H]1CN(C[C@H]1CC=CCC1)C(=O)c1ccc2c(c1)OCO2. The highest BCUT2D eigenvalue weighted by Crippen LogP contribution is 2.33. The van der Waals surface area contributed by atoms with Crippen molar-refractivity contribution < 1.29 is 14.3 Å². The summed E-state index contributed by atoms with van der Waals surface area (Å²) in [5, 5.41) is 0. The largest absolute Gasteiger partial charge is 0.454 e. The summed E-state index contributed by atoms with van der Waals surface area (Å²) in [7, 11) is 0. The first kappa shape index (κ1) is 18.4. The van der Waals surface area contributed by atoms with E-state index in [1.165, 1.54) is 19.3 Å². The van der Waals surface area contributed by atoms with Gasteiger partial charge in [-0.2, -0.15) is 0 Å². The van der Waals surface area contributed by atoms with Gasteiger partial charge in [0.2, 0.25) is 6.79 Å². The lowest BCUT2D eigenvalue weighted by atomic mass is 9.93. The number of ether oxygens (including phenoxy) is 2. The minimum Gasteiger partial charge on any atom is -0.454 e. The molecule has 27 heavy (non-hydrogen) atoms. The summed E-state index contributed by atoms with van der Waals surface area (Å²) in [6.07, 6.45) is 10.3. The Hall–Kier alpha value is -2.01. The van der Waals surface area contributed by atoms with E-state index in [2.05, 4.69) is 28.9 Å². The fourth-order valence-corrected chi connectivity index (χ4v) is 4.56. The van der Waals surface area contributed by atoms with E-state index < -0.39 is 0 Å². The van der Waals surface area contributed by atoms with E-state index in [0.29, 0.717) is 23.3 Å². The van der Waals surface area contributed by atoms with Crippen molar-refractivity contribution in [1.82, 2.24) is 9.80 Å². The van der Waals surface area contributed by atoms with Crippen molar-refractivity contribution in [2.45, 2.75) is 45.1 Å². The van der Waals surface area contributed by atoms with Gasteiger partial charge in [-0.15, -0.1) is 0 Å². The third-order valence-corrected chi connectivity index (χ3v) is 6.10. The minimum atomic E-state index is 0.116. The highest BCUT2D eigenvalue weighted by molar-refractivity contribution is 5.95. The van der Waals surface area contributed by atoms with E-state index in [1.807, 2.05) is 18.2 Å². The molecule has 0 saturated carbocycles. The number of allylic oxidation sites excluding steroid dienone is 2. The average Bonchev–Trinajstić information content (AvgIpc) is 3.36. The number of fused-ring (bicyclic) bond motifs is 1. The highest BCUT2D eigenvalue weighted by atomic mass is 16.7. The number of carbonyl (C=O) groups excluding carboxylic acids is 1. The zero-order chi connectivity index (χ0) is 18.6. The molecule has 1 aliphatic carbocycles. The molecule has 146 valence electrons. The predicted molar refractivity (Wildman–Crippen MR) is 105 cm³/mol. The normalized spacial score (nSPS) is 24.3. The first-order chi connectivity index (χ1) is 13.2. The Morgan fingerprint density at radius 2 is 2.07 bits per heavy atom. The Balaban J connectivity index is 1.52. The summed E-state index contributed by atoms with van der Waals surface area (Å²) in [5.41, 5.74) is 0.701. The van der Waals surface area contributed by atoms with Gasteiger partial charge in [0.15, 0.2) is 11.5 Å². The molecule has 0 bridgehead atoms. The molecule has 2 heterocycles. The van der Waals surface area contributed by atoms with Crippen LogP contribution in [0.25, 0.3) is 0 Å². The van der Waals surface area contributed by atoms with E-state index in [0.717, 1.165) is 44.8 Å². The second kappa shape index (κ2) is 8.34. The molecule has 1 amide bonds. The maximum Gasteiger partial charge on any atom is 0.254 e. The molecule has 0 aromatic heterocycles. The fourth-order valence-electron chi connectivity index (χ4n) is 4.56. The molecule has 1 aromatic carbocycles. The summed E-state index contributed by atoms with van der Waals surface area (Å²) in [5.74, 6) is 2.08. The summed E-state index contributed by atoms with van der Waals surface area (Å²) in [6.45, 7) is 6.32. The predicted octanol–water partition coefficient (Wildman–Crippen LogP) is 3.70. The molecule has 0 radical (unpaired) electrons. The molecule has 3 aliphatic rings. The molecular weight excluding hydrogens is 340 g/mol. The van der Waals surface area contributed by atoms with Crippen LogP contribution in [0.5, 0.6) is 11.5 Å². The minimum absolute atomic E-state index is 0.116. The van der Waals surface area contributed by atoms with Crippen LogP contribution in [0.1, 0.15) is 49.4 Å². The molecule has 2 atom stereocenters. The van der Waals surface area contributed by atoms with Gasteiger partial charge in [0.1, 0.15) is 0 Å². The maximum atomic E-state index is 13.4. The number of amides is 1. The van der Waals surface area contributed by atoms with Gasteiger partial charge < -0.3 is 14.4 Å². The Morgan fingerprint density at radius 1 is 1.19 bits per heavy atom. The van der Waals surface area contributed by atoms with Gasteiger partial charge >= 0.3 is 0 Å². The van der Waals surface area contributed by atoms with E-state index in [4.69, 9.17) is 9.47 Å². The molecule has 1 saturated heterocycles. The number of benzene rings is 1. The second-order valence-electron chi connectivity index (χ2n) is 7.85. The van der Waals surface area contributed by atoms with Crippen molar-refractivity contribution in [2.24, 2.45) is 5.92 Å². The molecule has 0 N–H and O–H groups in total. The lowest BCUT2D eigenvalue weighted by Gasteiger charge is -2.33. The second-order valence-corrected chi connectivity index (χ2v) is 7.85. The van der Waals surface area contributed by atoms with E-state index in [-0.39, 0.29) is 12.7 Å². The van der Waals surface area contributed by atoms with Crippen molar-refractivity contribution in [3.05, 3.63) is 35.9 Å².